The average Bonchev–Trinajstić information content (AvgIpc) is 2.65. The van der Waals surface area contributed by atoms with E-state index in [0.717, 1.165) is 23.4 Å². The van der Waals surface area contributed by atoms with Crippen LogP contribution < -0.4 is 5.32 Å². The molecule has 1 amide bonds. The van der Waals surface area contributed by atoms with Crippen molar-refractivity contribution in [3.8, 4) is 11.1 Å². The van der Waals surface area contributed by atoms with Gasteiger partial charge >= 0.3 is 6.43 Å². The second kappa shape index (κ2) is 9.48. The molecule has 0 aliphatic carbocycles. The number of rotatable bonds is 8. The number of nitrogens with one attached hydrogen (secondary N) is 1. The van der Waals surface area contributed by atoms with Gasteiger partial charge in [-0.05, 0) is 31.3 Å². The summed E-state index contributed by atoms with van der Waals surface area (Å²) >= 11 is 0. The molecule has 146 valence electrons. The van der Waals surface area contributed by atoms with E-state index in [1.165, 1.54) is 0 Å². The molecule has 27 heavy (non-hydrogen) atoms. The molecule has 5 nitrogen and oxygen atoms in total. The fraction of sp³-hybridized carbons (Fsp3) is 0.368. The maximum absolute atomic E-state index is 13.1. The zero-order valence-electron chi connectivity index (χ0n) is 15.1. The zero-order chi connectivity index (χ0) is 20.0. The number of carbonyl (C=O) groups excluding carboxylic acids is 1. The van der Waals surface area contributed by atoms with Crippen molar-refractivity contribution in [2.45, 2.75) is 25.1 Å². The van der Waals surface area contributed by atoms with E-state index in [0.29, 0.717) is 5.56 Å². The van der Waals surface area contributed by atoms with Gasteiger partial charge in [0.25, 0.3) is 5.91 Å². The number of benzene rings is 1. The molecule has 0 fully saturated rings. The Morgan fingerprint density at radius 1 is 1.15 bits per heavy atom. The number of pyridine rings is 1. The molecule has 0 aliphatic heterocycles. The number of hydrogen-bond donors (Lipinski definition) is 2. The highest BCUT2D eigenvalue weighted by Crippen LogP contribution is 2.23. The van der Waals surface area contributed by atoms with Crippen molar-refractivity contribution in [1.29, 1.82) is 0 Å². The van der Waals surface area contributed by atoms with Crippen LogP contribution in [0.2, 0.25) is 0 Å². The molecule has 0 aliphatic rings. The Bertz CT molecular complexity index is 737. The number of halogens is 3. The molecular formula is C19H22F3N3O2. The molecule has 0 saturated heterocycles. The van der Waals surface area contributed by atoms with Gasteiger partial charge in [0.05, 0.1) is 11.7 Å². The van der Waals surface area contributed by atoms with Crippen molar-refractivity contribution in [3.63, 3.8) is 0 Å². The van der Waals surface area contributed by atoms with Gasteiger partial charge in [-0.3, -0.25) is 9.78 Å². The van der Waals surface area contributed by atoms with Gasteiger partial charge in [0.1, 0.15) is 12.8 Å². The Balaban J connectivity index is 2.10. The summed E-state index contributed by atoms with van der Waals surface area (Å²) in [6.07, 6.45) is -2.97. The Labute approximate surface area is 155 Å². The van der Waals surface area contributed by atoms with Crippen LogP contribution in [0, 0.1) is 0 Å². The first-order chi connectivity index (χ1) is 12.8. The van der Waals surface area contributed by atoms with Crippen LogP contribution in [0.5, 0.6) is 0 Å². The predicted molar refractivity (Wildman–Crippen MR) is 95.9 cm³/mol. The lowest BCUT2D eigenvalue weighted by molar-refractivity contribution is -0.133. The minimum Gasteiger partial charge on any atom is -0.386 e. The summed E-state index contributed by atoms with van der Waals surface area (Å²) in [5.74, 6) is -1.61. The highest BCUT2D eigenvalue weighted by atomic mass is 19.3. The van der Waals surface area contributed by atoms with Crippen molar-refractivity contribution in [2.75, 3.05) is 20.8 Å². The summed E-state index contributed by atoms with van der Waals surface area (Å²) in [5, 5.41) is 12.0. The highest BCUT2D eigenvalue weighted by Gasteiger charge is 2.26. The number of carbonyl (C=O) groups is 1. The summed E-state index contributed by atoms with van der Waals surface area (Å²) in [6, 6.07) is 8.94. The maximum Gasteiger partial charge on any atom is 0.315 e. The maximum atomic E-state index is 13.1. The molecule has 2 rings (SSSR count). The van der Waals surface area contributed by atoms with E-state index in [2.05, 4.69) is 4.98 Å². The number of nitrogens with zero attached hydrogens (tertiary/aromatic N) is 2. The molecule has 0 unspecified atom stereocenters. The molecule has 0 bridgehead atoms. The van der Waals surface area contributed by atoms with Crippen molar-refractivity contribution < 1.29 is 23.1 Å². The van der Waals surface area contributed by atoms with Crippen LogP contribution in [0.25, 0.3) is 11.1 Å². The van der Waals surface area contributed by atoms with E-state index >= 15 is 0 Å². The number of alkyl halides is 3. The van der Waals surface area contributed by atoms with Crippen molar-refractivity contribution >= 4 is 5.91 Å². The van der Waals surface area contributed by atoms with Crippen LogP contribution in [0.1, 0.15) is 17.4 Å². The number of aliphatic hydroxyl groups is 1. The number of aliphatic hydroxyl groups excluding tert-OH is 1. The largest absolute Gasteiger partial charge is 0.386 e. The second-order valence-corrected chi connectivity index (χ2v) is 6.41. The molecule has 1 aromatic heterocycles. The van der Waals surface area contributed by atoms with Gasteiger partial charge in [0.15, 0.2) is 0 Å². The summed E-state index contributed by atoms with van der Waals surface area (Å²) in [4.78, 5) is 17.4. The Kier molecular flexibility index (Phi) is 7.32. The van der Waals surface area contributed by atoms with E-state index in [4.69, 9.17) is 0 Å². The lowest BCUT2D eigenvalue weighted by Crippen LogP contribution is -2.43. The van der Waals surface area contributed by atoms with Crippen molar-refractivity contribution in [3.05, 3.63) is 53.9 Å². The van der Waals surface area contributed by atoms with E-state index in [1.54, 1.807) is 35.8 Å². The molecule has 8 heteroatoms. The molecule has 0 spiro atoms. The van der Waals surface area contributed by atoms with Crippen molar-refractivity contribution in [1.82, 2.24) is 15.2 Å². The van der Waals surface area contributed by atoms with Crippen LogP contribution in [-0.2, 0) is 11.3 Å². The average molecular weight is 381 g/mol. The Morgan fingerprint density at radius 2 is 1.78 bits per heavy atom. The van der Waals surface area contributed by atoms with E-state index < -0.39 is 31.2 Å². The third-order valence-corrected chi connectivity index (χ3v) is 3.96. The van der Waals surface area contributed by atoms with Gasteiger partial charge in [0, 0.05) is 18.3 Å². The summed E-state index contributed by atoms with van der Waals surface area (Å²) in [5.41, 5.74) is 2.94. The third-order valence-electron chi connectivity index (χ3n) is 3.96. The monoisotopic (exact) mass is 381 g/mol. The fourth-order valence-electron chi connectivity index (χ4n) is 2.57. The van der Waals surface area contributed by atoms with Crippen LogP contribution in [0.15, 0.2) is 42.6 Å². The SMILES string of the molecule is CN(C)Cc1ccc(-c2ccc([C@@H](O)[C@@H](CF)NC(=O)C(F)F)cc2)cn1. The van der Waals surface area contributed by atoms with Crippen LogP contribution in [0.4, 0.5) is 13.2 Å². The fourth-order valence-corrected chi connectivity index (χ4v) is 2.57. The minimum atomic E-state index is -3.27. The van der Waals surface area contributed by atoms with E-state index in [9.17, 15) is 23.1 Å². The van der Waals surface area contributed by atoms with Gasteiger partial charge in [-0.1, -0.05) is 30.3 Å². The molecule has 1 heterocycles. The van der Waals surface area contributed by atoms with Crippen LogP contribution in [0.3, 0.4) is 0 Å². The topological polar surface area (TPSA) is 65.5 Å². The Morgan fingerprint density at radius 3 is 2.26 bits per heavy atom. The van der Waals surface area contributed by atoms with Gasteiger partial charge < -0.3 is 15.3 Å². The smallest absolute Gasteiger partial charge is 0.315 e. The Hall–Kier alpha value is -2.45. The first kappa shape index (κ1) is 20.9. The summed E-state index contributed by atoms with van der Waals surface area (Å²) in [6.45, 7) is -0.445. The number of aromatic nitrogens is 1. The molecule has 1 aromatic carbocycles. The van der Waals surface area contributed by atoms with E-state index in [-0.39, 0.29) is 0 Å². The molecule has 0 saturated carbocycles. The third kappa shape index (κ3) is 5.77. The van der Waals surface area contributed by atoms with E-state index in [1.807, 2.05) is 31.1 Å². The lowest BCUT2D eigenvalue weighted by Gasteiger charge is -2.22. The normalized spacial score (nSPS) is 13.6. The van der Waals surface area contributed by atoms with Gasteiger partial charge in [-0.15, -0.1) is 0 Å². The molecule has 2 N–H and O–H groups in total. The molecular weight excluding hydrogens is 359 g/mol. The van der Waals surface area contributed by atoms with Gasteiger partial charge in [-0.2, -0.15) is 8.78 Å². The highest BCUT2D eigenvalue weighted by molar-refractivity contribution is 5.79. The van der Waals surface area contributed by atoms with Crippen LogP contribution in [-0.4, -0.2) is 54.1 Å². The predicted octanol–water partition coefficient (Wildman–Crippen LogP) is 2.56. The quantitative estimate of drug-likeness (QED) is 0.738. The first-order valence-electron chi connectivity index (χ1n) is 8.34. The second-order valence-electron chi connectivity index (χ2n) is 6.41. The zero-order valence-corrected chi connectivity index (χ0v) is 15.1. The minimum absolute atomic E-state index is 0.313. The summed E-state index contributed by atoms with van der Waals surface area (Å²) in [7, 11) is 3.90. The standard InChI is InChI=1S/C19H22F3N3O2/c1-25(2)11-15-8-7-14(10-23-15)12-3-5-13(6-4-12)17(26)16(9-20)24-19(27)18(21)22/h3-8,10,16-18,26H,9,11H2,1-2H3,(H,24,27)/t16-,17-/m1/s1. The van der Waals surface area contributed by atoms with Gasteiger partial charge in [0.2, 0.25) is 0 Å². The molecule has 2 atom stereocenters. The lowest BCUT2D eigenvalue weighted by atomic mass is 9.99. The first-order valence-corrected chi connectivity index (χ1v) is 8.34. The van der Waals surface area contributed by atoms with Gasteiger partial charge in [-0.25, -0.2) is 4.39 Å². The van der Waals surface area contributed by atoms with Crippen molar-refractivity contribution in [2.24, 2.45) is 0 Å². The molecule has 2 aromatic rings. The number of amides is 1. The summed E-state index contributed by atoms with van der Waals surface area (Å²) < 4.78 is 37.7. The van der Waals surface area contributed by atoms with Crippen LogP contribution >= 0.6 is 0 Å². The number of hydrogen-bond acceptors (Lipinski definition) is 4. The molecule has 0 radical (unpaired) electrons.